The molecule has 27 nitrogen and oxygen atoms in total. The molecular formula is C38H82N4O23Si2. The summed E-state index contributed by atoms with van der Waals surface area (Å²) in [6.45, 7) is -0.0565. The number of hydrogen-bond acceptors (Lipinski definition) is 25. The Kier molecular flexibility index (Phi) is 36.4. The summed E-state index contributed by atoms with van der Waals surface area (Å²) < 4.78 is 49.6. The lowest BCUT2D eigenvalue weighted by molar-refractivity contribution is -0.149. The topological polar surface area (TPSA) is 391 Å². The van der Waals surface area contributed by atoms with E-state index in [0.29, 0.717) is 38.0 Å². The predicted molar refractivity (Wildman–Crippen MR) is 238 cm³/mol. The van der Waals surface area contributed by atoms with Crippen LogP contribution in [-0.4, -0.2) is 303 Å². The van der Waals surface area contributed by atoms with E-state index in [1.165, 1.54) is 42.7 Å². The van der Waals surface area contributed by atoms with E-state index in [-0.39, 0.29) is 78.8 Å². The van der Waals surface area contributed by atoms with Gasteiger partial charge in [-0.05, 0) is 19.4 Å². The third-order valence-corrected chi connectivity index (χ3v) is 16.4. The van der Waals surface area contributed by atoms with Crippen LogP contribution in [0, 0.1) is 0 Å². The van der Waals surface area contributed by atoms with E-state index in [2.05, 4.69) is 10.6 Å². The molecule has 0 bridgehead atoms. The molecule has 0 saturated heterocycles. The number of nitrogens with zero attached hydrogens (tertiary/aromatic N) is 2. The molecule has 400 valence electrons. The Bertz CT molecular complexity index is 1240. The van der Waals surface area contributed by atoms with Gasteiger partial charge in [-0.25, -0.2) is 0 Å². The number of nitrogens with one attached hydrogen (secondary N) is 2. The van der Waals surface area contributed by atoms with Gasteiger partial charge in [0.2, 0.25) is 0 Å². The highest BCUT2D eigenvalue weighted by molar-refractivity contribution is 6.60. The summed E-state index contributed by atoms with van der Waals surface area (Å²) in [7, 11) is 3.05. The lowest BCUT2D eigenvalue weighted by Crippen LogP contribution is -2.52. The van der Waals surface area contributed by atoms with E-state index in [0.717, 1.165) is 0 Å². The van der Waals surface area contributed by atoms with Crippen LogP contribution < -0.4 is 10.6 Å². The first-order valence-corrected chi connectivity index (χ1v) is 25.8. The van der Waals surface area contributed by atoms with Gasteiger partial charge in [-0.15, -0.1) is 0 Å². The second-order valence-corrected chi connectivity index (χ2v) is 21.5. The minimum atomic E-state index is -2.93. The highest BCUT2D eigenvalue weighted by atomic mass is 28.4. The summed E-state index contributed by atoms with van der Waals surface area (Å²) in [5.74, 6) is -2.07. The molecule has 14 N–H and O–H groups in total. The molecule has 0 aliphatic carbocycles. The Labute approximate surface area is 394 Å². The molecule has 2 amide bonds. The Hall–Kier alpha value is -1.55. The number of amides is 2. The van der Waals surface area contributed by atoms with Crippen molar-refractivity contribution in [3.8, 4) is 0 Å². The van der Waals surface area contributed by atoms with Crippen LogP contribution in [0.4, 0.5) is 0 Å². The van der Waals surface area contributed by atoms with Gasteiger partial charge >= 0.3 is 17.6 Å². The van der Waals surface area contributed by atoms with Gasteiger partial charge in [0.1, 0.15) is 42.9 Å². The summed E-state index contributed by atoms with van der Waals surface area (Å²) in [6.07, 6.45) is -16.7. The summed E-state index contributed by atoms with van der Waals surface area (Å²) in [5.41, 5.74) is 0. The van der Waals surface area contributed by atoms with Crippen molar-refractivity contribution >= 4 is 29.4 Å². The fourth-order valence-corrected chi connectivity index (χ4v) is 9.85. The molecule has 0 fully saturated rings. The van der Waals surface area contributed by atoms with E-state index in [1.807, 2.05) is 4.90 Å². The molecule has 10 atom stereocenters. The van der Waals surface area contributed by atoms with Crippen LogP contribution in [0.5, 0.6) is 0 Å². The van der Waals surface area contributed by atoms with Crippen LogP contribution in [0.2, 0.25) is 12.1 Å². The average molecular weight is 1020 g/mol. The van der Waals surface area contributed by atoms with Crippen molar-refractivity contribution in [3.63, 3.8) is 0 Å². The van der Waals surface area contributed by atoms with Crippen molar-refractivity contribution in [1.82, 2.24) is 20.4 Å². The summed E-state index contributed by atoms with van der Waals surface area (Å²) in [6, 6.07) is 0.856. The molecule has 0 spiro atoms. The third kappa shape index (κ3) is 25.4. The van der Waals surface area contributed by atoms with E-state index in [4.69, 9.17) is 51.0 Å². The largest absolute Gasteiger partial charge is 0.500 e. The molecule has 0 heterocycles. The maximum Gasteiger partial charge on any atom is 0.500 e. The maximum atomic E-state index is 12.4. The predicted octanol–water partition coefficient (Wildman–Crippen LogP) is -7.65. The first-order valence-electron chi connectivity index (χ1n) is 21.9. The molecule has 0 aromatic carbocycles. The van der Waals surface area contributed by atoms with Crippen LogP contribution in [0.15, 0.2) is 0 Å². The fourth-order valence-electron chi connectivity index (χ4n) is 6.44. The lowest BCUT2D eigenvalue weighted by atomic mass is 10.0. The molecule has 0 aromatic heterocycles. The smallest absolute Gasteiger partial charge is 0.394 e. The number of rotatable bonds is 44. The third-order valence-electron chi connectivity index (χ3n) is 10.7. The van der Waals surface area contributed by atoms with E-state index < -0.39 is 104 Å². The molecule has 67 heavy (non-hydrogen) atoms. The number of aliphatic hydroxyl groups excluding tert-OH is 12. The second kappa shape index (κ2) is 37.3. The van der Waals surface area contributed by atoms with Crippen LogP contribution >= 0.6 is 0 Å². The van der Waals surface area contributed by atoms with Gasteiger partial charge in [0.25, 0.3) is 11.8 Å². The molecule has 0 rings (SSSR count). The molecule has 0 saturated carbocycles. The molecule has 10 unspecified atom stereocenters. The lowest BCUT2D eigenvalue weighted by Gasteiger charge is -2.30. The average Bonchev–Trinajstić information content (AvgIpc) is 3.34. The molecule has 29 heteroatoms. The Morgan fingerprint density at radius 1 is 0.522 bits per heavy atom. The highest BCUT2D eigenvalue weighted by Gasteiger charge is 2.39. The minimum absolute atomic E-state index is 0.0317. The molecule has 0 radical (unpaired) electrons. The zero-order valence-electron chi connectivity index (χ0n) is 39.7. The Morgan fingerprint density at radius 3 is 1.36 bits per heavy atom. The summed E-state index contributed by atoms with van der Waals surface area (Å²) in [4.78, 5) is 28.3. The molecule has 0 aliphatic rings. The van der Waals surface area contributed by atoms with Crippen LogP contribution in [0.1, 0.15) is 19.3 Å². The van der Waals surface area contributed by atoms with Crippen molar-refractivity contribution in [1.29, 1.82) is 0 Å². The fraction of sp³-hybridized carbons (Fsp3) is 0.947. The monoisotopic (exact) mass is 1020 g/mol. The molecule has 0 aromatic rings. The zero-order chi connectivity index (χ0) is 51.0. The van der Waals surface area contributed by atoms with E-state index in [1.54, 1.807) is 4.90 Å². The van der Waals surface area contributed by atoms with Gasteiger partial charge in [-0.3, -0.25) is 19.4 Å². The summed E-state index contributed by atoms with van der Waals surface area (Å²) >= 11 is 0. The quantitative estimate of drug-likeness (QED) is 0.0153. The van der Waals surface area contributed by atoms with Crippen LogP contribution in [0.25, 0.3) is 0 Å². The minimum Gasteiger partial charge on any atom is -0.394 e. The number of hydrogen-bond donors (Lipinski definition) is 14. The maximum absolute atomic E-state index is 12.4. The number of carbonyl (C=O) groups is 2. The zero-order valence-corrected chi connectivity index (χ0v) is 41.7. The van der Waals surface area contributed by atoms with Crippen molar-refractivity contribution in [2.24, 2.45) is 0 Å². The normalized spacial score (nSPS) is 17.1. The van der Waals surface area contributed by atoms with E-state index in [9.17, 15) is 60.7 Å². The number of ether oxygens (including phenoxy) is 3. The van der Waals surface area contributed by atoms with Gasteiger partial charge in [0.15, 0.2) is 12.2 Å². The van der Waals surface area contributed by atoms with Crippen molar-refractivity contribution < 1.29 is 112 Å². The first-order chi connectivity index (χ1) is 31.8. The highest BCUT2D eigenvalue weighted by Crippen LogP contribution is 2.17. The van der Waals surface area contributed by atoms with Gasteiger partial charge in [0.05, 0.1) is 59.0 Å². The van der Waals surface area contributed by atoms with Crippen molar-refractivity contribution in [3.05, 3.63) is 0 Å². The number of carbonyl (C=O) groups excluding carboxylic acids is 2. The standard InChI is InChI=1S/C38H82N4O23Si2/c1-57-66(58-2,59-3)21-7-12-41(14-10-39-37(55)35(53)33(51)31(49)28(46)24-43)23-27(45)26-65-20-19-64-18-17-63-16-9-30(48)42(13-8-22-67(60-4,61-5)62-6)15-11-40-38(56)36(54)34(52)32(50)29(47)25-44/h27-36,43-54H,7-26H2,1-6H3,(H,39,55)(H,40,56). The van der Waals surface area contributed by atoms with Crippen LogP contribution in [-0.2, 0) is 50.4 Å². The summed E-state index contributed by atoms with van der Waals surface area (Å²) in [5, 5.41) is 124. The van der Waals surface area contributed by atoms with Crippen molar-refractivity contribution in [2.75, 3.05) is 141 Å². The SMILES string of the molecule is CO[Si](CCCN(CCNC(=O)C(O)C(O)C(O)C(O)CO)CC(O)COCCOCCOCCC(O)N(CCC[Si](OC)(OC)OC)CCNC(=O)C(O)C(O)C(O)C(O)CO)(OC)OC. The Balaban J connectivity index is 4.98. The number of aliphatic hydroxyl groups is 12. The first kappa shape index (κ1) is 65.5. The van der Waals surface area contributed by atoms with Gasteiger partial charge in [-0.1, -0.05) is 0 Å². The molecular weight excluding hydrogens is 937 g/mol. The van der Waals surface area contributed by atoms with E-state index >= 15 is 0 Å². The van der Waals surface area contributed by atoms with Gasteiger partial charge < -0.3 is 113 Å². The molecule has 0 aliphatic heterocycles. The van der Waals surface area contributed by atoms with Gasteiger partial charge in [0, 0.05) is 100 Å². The van der Waals surface area contributed by atoms with Crippen molar-refractivity contribution in [2.45, 2.75) is 92.5 Å². The second-order valence-electron chi connectivity index (χ2n) is 15.3. The van der Waals surface area contributed by atoms with Gasteiger partial charge in [-0.2, -0.15) is 0 Å². The Morgan fingerprint density at radius 2 is 0.925 bits per heavy atom. The van der Waals surface area contributed by atoms with Crippen LogP contribution in [0.3, 0.4) is 0 Å².